The van der Waals surface area contributed by atoms with E-state index in [0.29, 0.717) is 36.8 Å². The van der Waals surface area contributed by atoms with Gasteiger partial charge in [-0.2, -0.15) is 0 Å². The number of pyridine rings is 1. The van der Waals surface area contributed by atoms with Gasteiger partial charge in [-0.25, -0.2) is 4.79 Å². The molecule has 1 aliphatic heterocycles. The zero-order valence-electron chi connectivity index (χ0n) is 14.5. The largest absolute Gasteiger partial charge is 0.468 e. The van der Waals surface area contributed by atoms with Gasteiger partial charge in [-0.15, -0.1) is 0 Å². The molecule has 0 unspecified atom stereocenters. The summed E-state index contributed by atoms with van der Waals surface area (Å²) < 4.78 is 4.99. The molecule has 6 nitrogen and oxygen atoms in total. The summed E-state index contributed by atoms with van der Waals surface area (Å²) in [5.74, 6) is -0.363. The lowest BCUT2D eigenvalue weighted by Gasteiger charge is -2.38. The maximum Gasteiger partial charge on any atom is 0.327 e. The summed E-state index contributed by atoms with van der Waals surface area (Å²) in [5, 5.41) is 0.615. The second-order valence-corrected chi connectivity index (χ2v) is 6.48. The zero-order valence-corrected chi connectivity index (χ0v) is 15.2. The Hall–Kier alpha value is -2.44. The quantitative estimate of drug-likeness (QED) is 0.770. The Kier molecular flexibility index (Phi) is 5.85. The first-order valence-electron chi connectivity index (χ1n) is 8.37. The number of rotatable bonds is 4. The number of amides is 1. The first kappa shape index (κ1) is 18.4. The van der Waals surface area contributed by atoms with E-state index in [4.69, 9.17) is 16.3 Å². The SMILES string of the molecule is COC(=O)[C@H](c1ccc(Cl)cc1)N1CCN(C(=O)c2cccnc2)CC1. The predicted molar refractivity (Wildman–Crippen MR) is 97.9 cm³/mol. The third kappa shape index (κ3) is 4.03. The van der Waals surface area contributed by atoms with Crippen LogP contribution in [-0.2, 0) is 9.53 Å². The van der Waals surface area contributed by atoms with E-state index in [1.54, 1.807) is 41.6 Å². The molecule has 2 heterocycles. The van der Waals surface area contributed by atoms with Gasteiger partial charge in [-0.1, -0.05) is 23.7 Å². The van der Waals surface area contributed by atoms with E-state index in [9.17, 15) is 9.59 Å². The van der Waals surface area contributed by atoms with Crippen molar-refractivity contribution in [3.05, 3.63) is 64.9 Å². The number of carbonyl (C=O) groups excluding carboxylic acids is 2. The van der Waals surface area contributed by atoms with Gasteiger partial charge in [0.15, 0.2) is 0 Å². The number of aromatic nitrogens is 1. The summed E-state index contributed by atoms with van der Waals surface area (Å²) in [5.41, 5.74) is 1.40. The molecule has 2 aromatic rings. The van der Waals surface area contributed by atoms with Gasteiger partial charge in [0.05, 0.1) is 12.7 Å². The lowest BCUT2D eigenvalue weighted by Crippen LogP contribution is -2.51. The summed E-state index contributed by atoms with van der Waals surface area (Å²) in [6.07, 6.45) is 3.21. The molecule has 1 amide bonds. The lowest BCUT2D eigenvalue weighted by atomic mass is 10.0. The van der Waals surface area contributed by atoms with Crippen LogP contribution in [0.1, 0.15) is 22.0 Å². The molecule has 1 atom stereocenters. The topological polar surface area (TPSA) is 62.7 Å². The van der Waals surface area contributed by atoms with Crippen molar-refractivity contribution in [1.82, 2.24) is 14.8 Å². The van der Waals surface area contributed by atoms with Gasteiger partial charge < -0.3 is 9.64 Å². The van der Waals surface area contributed by atoms with E-state index >= 15 is 0 Å². The Morgan fingerprint density at radius 2 is 1.81 bits per heavy atom. The Bertz CT molecular complexity index is 759. The lowest BCUT2D eigenvalue weighted by molar-refractivity contribution is -0.148. The van der Waals surface area contributed by atoms with Crippen LogP contribution in [0, 0.1) is 0 Å². The minimum atomic E-state index is -0.507. The number of hydrogen-bond acceptors (Lipinski definition) is 5. The molecule has 0 radical (unpaired) electrons. The maximum atomic E-state index is 12.5. The van der Waals surface area contributed by atoms with Crippen molar-refractivity contribution in [3.8, 4) is 0 Å². The molecule has 0 bridgehead atoms. The summed E-state index contributed by atoms with van der Waals surface area (Å²) >= 11 is 5.95. The van der Waals surface area contributed by atoms with Crippen LogP contribution in [0.5, 0.6) is 0 Å². The summed E-state index contributed by atoms with van der Waals surface area (Å²) in [6.45, 7) is 2.23. The number of nitrogens with zero attached hydrogens (tertiary/aromatic N) is 3. The second kappa shape index (κ2) is 8.29. The minimum Gasteiger partial charge on any atom is -0.468 e. The van der Waals surface area contributed by atoms with Gasteiger partial charge in [0, 0.05) is 43.6 Å². The Morgan fingerprint density at radius 3 is 2.38 bits per heavy atom. The van der Waals surface area contributed by atoms with Crippen LogP contribution in [0.15, 0.2) is 48.8 Å². The van der Waals surface area contributed by atoms with Crippen LogP contribution in [0.3, 0.4) is 0 Å². The number of methoxy groups -OCH3 is 1. The van der Waals surface area contributed by atoms with E-state index in [2.05, 4.69) is 4.98 Å². The van der Waals surface area contributed by atoms with Crippen molar-refractivity contribution >= 4 is 23.5 Å². The number of hydrogen-bond donors (Lipinski definition) is 0. The van der Waals surface area contributed by atoms with Crippen LogP contribution in [-0.4, -0.2) is 59.9 Å². The Morgan fingerprint density at radius 1 is 1.12 bits per heavy atom. The van der Waals surface area contributed by atoms with Gasteiger partial charge in [0.25, 0.3) is 5.91 Å². The summed E-state index contributed by atoms with van der Waals surface area (Å²) in [6, 6.07) is 10.2. The van der Waals surface area contributed by atoms with Gasteiger partial charge in [-0.05, 0) is 29.8 Å². The van der Waals surface area contributed by atoms with Gasteiger partial charge in [0.1, 0.15) is 6.04 Å². The fourth-order valence-corrected chi connectivity index (χ4v) is 3.23. The van der Waals surface area contributed by atoms with Gasteiger partial charge in [0.2, 0.25) is 0 Å². The van der Waals surface area contributed by atoms with Crippen LogP contribution in [0.4, 0.5) is 0 Å². The Balaban J connectivity index is 1.71. The highest BCUT2D eigenvalue weighted by atomic mass is 35.5. The summed E-state index contributed by atoms with van der Waals surface area (Å²) in [4.78, 5) is 32.7. The molecule has 0 saturated carbocycles. The molecule has 1 aromatic heterocycles. The highest BCUT2D eigenvalue weighted by Gasteiger charge is 2.32. The fraction of sp³-hybridized carbons (Fsp3) is 0.316. The van der Waals surface area contributed by atoms with E-state index in [1.807, 2.05) is 17.0 Å². The normalized spacial score (nSPS) is 16.2. The molecule has 136 valence electrons. The predicted octanol–water partition coefficient (Wildman–Crippen LogP) is 2.41. The number of piperazine rings is 1. The average Bonchev–Trinajstić information content (AvgIpc) is 2.70. The molecule has 3 rings (SSSR count). The van der Waals surface area contributed by atoms with Gasteiger partial charge >= 0.3 is 5.97 Å². The third-order valence-electron chi connectivity index (χ3n) is 4.49. The molecule has 0 N–H and O–H groups in total. The Labute approximate surface area is 157 Å². The van der Waals surface area contributed by atoms with E-state index < -0.39 is 6.04 Å². The van der Waals surface area contributed by atoms with Crippen molar-refractivity contribution in [2.45, 2.75) is 6.04 Å². The third-order valence-corrected chi connectivity index (χ3v) is 4.74. The highest BCUT2D eigenvalue weighted by Crippen LogP contribution is 2.25. The number of carbonyl (C=O) groups is 2. The fourth-order valence-electron chi connectivity index (χ4n) is 3.11. The number of benzene rings is 1. The van der Waals surface area contributed by atoms with Crippen LogP contribution in [0.2, 0.25) is 5.02 Å². The van der Waals surface area contributed by atoms with E-state index in [0.717, 1.165) is 5.56 Å². The van der Waals surface area contributed by atoms with E-state index in [1.165, 1.54) is 7.11 Å². The number of esters is 1. The number of halogens is 1. The van der Waals surface area contributed by atoms with Crippen molar-refractivity contribution in [2.24, 2.45) is 0 Å². The van der Waals surface area contributed by atoms with Gasteiger partial charge in [-0.3, -0.25) is 14.7 Å². The molecule has 1 fully saturated rings. The van der Waals surface area contributed by atoms with Crippen molar-refractivity contribution in [3.63, 3.8) is 0 Å². The maximum absolute atomic E-state index is 12.5. The van der Waals surface area contributed by atoms with Crippen LogP contribution in [0.25, 0.3) is 0 Å². The van der Waals surface area contributed by atoms with Crippen molar-refractivity contribution in [1.29, 1.82) is 0 Å². The molecule has 1 saturated heterocycles. The molecule has 0 spiro atoms. The molecule has 7 heteroatoms. The molecule has 0 aliphatic carbocycles. The van der Waals surface area contributed by atoms with Crippen molar-refractivity contribution in [2.75, 3.05) is 33.3 Å². The standard InChI is InChI=1S/C19H20ClN3O3/c1-26-19(25)17(14-4-6-16(20)7-5-14)22-9-11-23(12-10-22)18(24)15-3-2-8-21-13-15/h2-8,13,17H,9-12H2,1H3/t17-/m0/s1. The highest BCUT2D eigenvalue weighted by molar-refractivity contribution is 6.30. The zero-order chi connectivity index (χ0) is 18.5. The smallest absolute Gasteiger partial charge is 0.327 e. The van der Waals surface area contributed by atoms with Crippen LogP contribution >= 0.6 is 11.6 Å². The molecular weight excluding hydrogens is 354 g/mol. The summed E-state index contributed by atoms with van der Waals surface area (Å²) in [7, 11) is 1.38. The monoisotopic (exact) mass is 373 g/mol. The molecule has 26 heavy (non-hydrogen) atoms. The minimum absolute atomic E-state index is 0.0427. The first-order chi connectivity index (χ1) is 12.6. The van der Waals surface area contributed by atoms with E-state index in [-0.39, 0.29) is 11.9 Å². The number of ether oxygens (including phenoxy) is 1. The average molecular weight is 374 g/mol. The molecule has 1 aliphatic rings. The van der Waals surface area contributed by atoms with Crippen LogP contribution < -0.4 is 0 Å². The first-order valence-corrected chi connectivity index (χ1v) is 8.74. The van der Waals surface area contributed by atoms with Crippen molar-refractivity contribution < 1.29 is 14.3 Å². The molecular formula is C19H20ClN3O3. The second-order valence-electron chi connectivity index (χ2n) is 6.05. The molecule has 1 aromatic carbocycles.